The molecule has 4 nitrogen and oxygen atoms in total. The molecule has 1 saturated heterocycles. The number of hydrogen-bond donors (Lipinski definition) is 1. The molecule has 2 aromatic rings. The third-order valence-corrected chi connectivity index (χ3v) is 4.21. The van der Waals surface area contributed by atoms with Gasteiger partial charge in [0.15, 0.2) is 0 Å². The van der Waals surface area contributed by atoms with Gasteiger partial charge < -0.3 is 9.84 Å². The quantitative estimate of drug-likeness (QED) is 0.907. The van der Waals surface area contributed by atoms with Crippen LogP contribution >= 0.6 is 11.3 Å². The Kier molecular flexibility index (Phi) is 2.94. The van der Waals surface area contributed by atoms with Crippen LogP contribution in [0.15, 0.2) is 16.9 Å². The lowest BCUT2D eigenvalue weighted by molar-refractivity contribution is 0.398. The first-order valence-electron chi connectivity index (χ1n) is 5.92. The van der Waals surface area contributed by atoms with Crippen molar-refractivity contribution in [2.75, 3.05) is 6.54 Å². The van der Waals surface area contributed by atoms with Crippen LogP contribution in [-0.4, -0.2) is 22.7 Å². The van der Waals surface area contributed by atoms with E-state index in [4.69, 9.17) is 4.52 Å². The van der Waals surface area contributed by atoms with Crippen molar-refractivity contribution in [3.63, 3.8) is 0 Å². The molecule has 90 valence electrons. The molecule has 0 saturated carbocycles. The molecule has 0 amide bonds. The largest absolute Gasteiger partial charge is 0.361 e. The van der Waals surface area contributed by atoms with Gasteiger partial charge in [-0.25, -0.2) is 4.98 Å². The highest BCUT2D eigenvalue weighted by molar-refractivity contribution is 7.15. The number of aryl methyl sites for hydroxylation is 1. The molecule has 0 bridgehead atoms. The Labute approximate surface area is 104 Å². The van der Waals surface area contributed by atoms with Gasteiger partial charge in [0.1, 0.15) is 5.76 Å². The van der Waals surface area contributed by atoms with E-state index in [-0.39, 0.29) is 0 Å². The molecule has 17 heavy (non-hydrogen) atoms. The Morgan fingerprint density at radius 2 is 2.47 bits per heavy atom. The Morgan fingerprint density at radius 1 is 1.53 bits per heavy atom. The Balaban J connectivity index is 1.76. The van der Waals surface area contributed by atoms with E-state index in [0.29, 0.717) is 6.04 Å². The summed E-state index contributed by atoms with van der Waals surface area (Å²) in [5.74, 6) is 0.860. The number of thiazole rings is 1. The van der Waals surface area contributed by atoms with Gasteiger partial charge in [-0.3, -0.25) is 0 Å². The smallest absolute Gasteiger partial charge is 0.142 e. The lowest BCUT2D eigenvalue weighted by atomic mass is 10.2. The van der Waals surface area contributed by atoms with Crippen LogP contribution in [-0.2, 0) is 6.42 Å². The zero-order valence-electron chi connectivity index (χ0n) is 9.77. The lowest BCUT2D eigenvalue weighted by Gasteiger charge is -2.06. The summed E-state index contributed by atoms with van der Waals surface area (Å²) >= 11 is 1.74. The molecule has 1 N–H and O–H groups in total. The average molecular weight is 249 g/mol. The molecule has 0 spiro atoms. The second-order valence-electron chi connectivity index (χ2n) is 4.41. The maximum Gasteiger partial charge on any atom is 0.142 e. The van der Waals surface area contributed by atoms with Gasteiger partial charge in [-0.15, -0.1) is 11.3 Å². The molecule has 1 atom stereocenters. The second-order valence-corrected chi connectivity index (χ2v) is 5.53. The Hall–Kier alpha value is -1.20. The SMILES string of the molecule is Cc1oncc1-c1cnc(CC2CCCN2)s1. The minimum Gasteiger partial charge on any atom is -0.361 e. The normalized spacial score (nSPS) is 19.9. The molecule has 3 heterocycles. The van der Waals surface area contributed by atoms with Crippen LogP contribution in [0, 0.1) is 6.92 Å². The summed E-state index contributed by atoms with van der Waals surface area (Å²) in [4.78, 5) is 5.64. The average Bonchev–Trinajstić information content (AvgIpc) is 3.00. The van der Waals surface area contributed by atoms with Gasteiger partial charge in [0.2, 0.25) is 0 Å². The summed E-state index contributed by atoms with van der Waals surface area (Å²) < 4.78 is 5.08. The molecule has 3 rings (SSSR count). The summed E-state index contributed by atoms with van der Waals surface area (Å²) in [6.45, 7) is 3.08. The summed E-state index contributed by atoms with van der Waals surface area (Å²) in [6, 6.07) is 0.609. The summed E-state index contributed by atoms with van der Waals surface area (Å²) in [5, 5.41) is 8.49. The minimum absolute atomic E-state index is 0.609. The van der Waals surface area contributed by atoms with Gasteiger partial charge in [-0.2, -0.15) is 0 Å². The van der Waals surface area contributed by atoms with E-state index in [1.807, 2.05) is 13.1 Å². The highest BCUT2D eigenvalue weighted by Crippen LogP contribution is 2.29. The van der Waals surface area contributed by atoms with E-state index in [1.54, 1.807) is 17.5 Å². The van der Waals surface area contributed by atoms with E-state index < -0.39 is 0 Å². The topological polar surface area (TPSA) is 51.0 Å². The standard InChI is InChI=1S/C12H15N3OS/c1-8-10(6-15-16-8)11-7-14-12(17-11)5-9-3-2-4-13-9/h6-7,9,13H,2-5H2,1H3. The van der Waals surface area contributed by atoms with Gasteiger partial charge in [-0.05, 0) is 26.3 Å². The molecule has 0 radical (unpaired) electrons. The van der Waals surface area contributed by atoms with E-state index >= 15 is 0 Å². The zero-order chi connectivity index (χ0) is 11.7. The predicted molar refractivity (Wildman–Crippen MR) is 67.1 cm³/mol. The number of nitrogens with one attached hydrogen (secondary N) is 1. The Bertz CT molecular complexity index is 499. The summed E-state index contributed by atoms with van der Waals surface area (Å²) in [6.07, 6.45) is 7.28. The maximum absolute atomic E-state index is 5.08. The fourth-order valence-corrected chi connectivity index (χ4v) is 3.26. The van der Waals surface area contributed by atoms with Crippen LogP contribution in [0.1, 0.15) is 23.6 Å². The molecule has 1 aliphatic heterocycles. The molecule has 1 fully saturated rings. The monoisotopic (exact) mass is 249 g/mol. The van der Waals surface area contributed by atoms with E-state index in [0.717, 1.165) is 29.2 Å². The predicted octanol–water partition coefficient (Wildman–Crippen LogP) is 2.40. The zero-order valence-corrected chi connectivity index (χ0v) is 10.6. The molecular weight excluding hydrogens is 234 g/mol. The van der Waals surface area contributed by atoms with Gasteiger partial charge in [0, 0.05) is 18.7 Å². The molecule has 0 aromatic carbocycles. The van der Waals surface area contributed by atoms with Crippen molar-refractivity contribution in [1.82, 2.24) is 15.5 Å². The number of nitrogens with zero attached hydrogens (tertiary/aromatic N) is 2. The molecule has 5 heteroatoms. The number of hydrogen-bond acceptors (Lipinski definition) is 5. The van der Waals surface area contributed by atoms with Crippen molar-refractivity contribution >= 4 is 11.3 Å². The highest BCUT2D eigenvalue weighted by atomic mass is 32.1. The summed E-state index contributed by atoms with van der Waals surface area (Å²) in [7, 11) is 0. The van der Waals surface area contributed by atoms with E-state index in [2.05, 4.69) is 15.5 Å². The maximum atomic E-state index is 5.08. The first-order valence-corrected chi connectivity index (χ1v) is 6.74. The first kappa shape index (κ1) is 10.9. The molecular formula is C12H15N3OS. The van der Waals surface area contributed by atoms with Crippen LogP contribution in [0.4, 0.5) is 0 Å². The van der Waals surface area contributed by atoms with Gasteiger partial charge >= 0.3 is 0 Å². The fraction of sp³-hybridized carbons (Fsp3) is 0.500. The van der Waals surface area contributed by atoms with Crippen molar-refractivity contribution in [2.45, 2.75) is 32.2 Å². The van der Waals surface area contributed by atoms with Crippen LogP contribution < -0.4 is 5.32 Å². The Morgan fingerprint density at radius 3 is 3.18 bits per heavy atom. The van der Waals surface area contributed by atoms with Gasteiger partial charge in [-0.1, -0.05) is 5.16 Å². The van der Waals surface area contributed by atoms with E-state index in [9.17, 15) is 0 Å². The fourth-order valence-electron chi connectivity index (χ4n) is 2.21. The van der Waals surface area contributed by atoms with Gasteiger partial charge in [0.25, 0.3) is 0 Å². The van der Waals surface area contributed by atoms with Crippen molar-refractivity contribution < 1.29 is 4.52 Å². The molecule has 2 aromatic heterocycles. The van der Waals surface area contributed by atoms with Crippen LogP contribution in [0.25, 0.3) is 10.4 Å². The van der Waals surface area contributed by atoms with Gasteiger partial charge in [0.05, 0.1) is 21.6 Å². The van der Waals surface area contributed by atoms with Crippen molar-refractivity contribution in [3.05, 3.63) is 23.2 Å². The first-order chi connectivity index (χ1) is 8.33. The van der Waals surface area contributed by atoms with Crippen LogP contribution in [0.5, 0.6) is 0 Å². The molecule has 0 aliphatic carbocycles. The van der Waals surface area contributed by atoms with Crippen LogP contribution in [0.3, 0.4) is 0 Å². The number of aromatic nitrogens is 2. The lowest BCUT2D eigenvalue weighted by Crippen LogP contribution is -2.23. The van der Waals surface area contributed by atoms with Crippen molar-refractivity contribution in [2.24, 2.45) is 0 Å². The van der Waals surface area contributed by atoms with Crippen molar-refractivity contribution in [1.29, 1.82) is 0 Å². The second kappa shape index (κ2) is 4.58. The third kappa shape index (κ3) is 2.25. The third-order valence-electron chi connectivity index (χ3n) is 3.15. The van der Waals surface area contributed by atoms with Crippen LogP contribution in [0.2, 0.25) is 0 Å². The molecule has 1 aliphatic rings. The minimum atomic E-state index is 0.609. The highest BCUT2D eigenvalue weighted by Gasteiger charge is 2.17. The summed E-state index contributed by atoms with van der Waals surface area (Å²) in [5.41, 5.74) is 1.06. The number of rotatable bonds is 3. The molecule has 1 unspecified atom stereocenters. The van der Waals surface area contributed by atoms with Crippen molar-refractivity contribution in [3.8, 4) is 10.4 Å². The van der Waals surface area contributed by atoms with E-state index in [1.165, 1.54) is 17.8 Å².